The molecule has 0 amide bonds. The van der Waals surface area contributed by atoms with Gasteiger partial charge in [0.05, 0.1) is 0 Å². The fraction of sp³-hybridized carbons (Fsp3) is 0.524. The number of aromatic nitrogens is 1. The molecule has 0 saturated carbocycles. The van der Waals surface area contributed by atoms with Crippen molar-refractivity contribution in [2.45, 2.75) is 132 Å². The van der Waals surface area contributed by atoms with Crippen LogP contribution in [-0.2, 0) is 35.7 Å². The number of rotatable bonds is 10. The van der Waals surface area contributed by atoms with Crippen LogP contribution in [0.1, 0.15) is 124 Å². The van der Waals surface area contributed by atoms with Gasteiger partial charge >= 0.3 is 0 Å². The molecule has 5 rings (SSSR count). The number of aryl methyl sites for hydroxylation is 1. The minimum absolute atomic E-state index is 0. The molecule has 4 aromatic rings. The molecule has 0 N–H and O–H groups in total. The van der Waals surface area contributed by atoms with E-state index in [0.717, 1.165) is 42.6 Å². The normalized spacial score (nSPS) is 15.4. The van der Waals surface area contributed by atoms with Gasteiger partial charge in [0.15, 0.2) is 5.78 Å². The number of carbonyl (C=O) groups excluding carboxylic acids is 1. The van der Waals surface area contributed by atoms with Gasteiger partial charge in [-0.25, -0.2) is 0 Å². The number of hydrogen-bond acceptors (Lipinski definition) is 3. The monoisotopic (exact) mass is 829 g/mol. The first-order chi connectivity index (χ1) is 21.8. The number of benzene rings is 2. The quantitative estimate of drug-likeness (QED) is 0.118. The number of nitrogens with zero attached hydrogens (tertiary/aromatic N) is 2. The number of fused-ring (bicyclic) bond motifs is 5. The Morgan fingerprint density at radius 1 is 0.957 bits per heavy atom. The van der Waals surface area contributed by atoms with Crippen LogP contribution in [-0.4, -0.2) is 16.8 Å². The van der Waals surface area contributed by atoms with E-state index in [0.29, 0.717) is 5.92 Å². The number of ketones is 1. The molecular formula is C42H56IrN2OS-2. The summed E-state index contributed by atoms with van der Waals surface area (Å²) in [6.07, 6.45) is 10.2. The van der Waals surface area contributed by atoms with Gasteiger partial charge in [-0.1, -0.05) is 88.1 Å². The molecule has 0 fully saturated rings. The van der Waals surface area contributed by atoms with E-state index in [1.807, 2.05) is 35.7 Å². The standard InChI is InChI=1S/C26H26NS.C16H31NO.Ir/c1-16-15-19-21(26(4,5)13-12-25(19,2)3)24-20(16)18-11-14-27-22(23(18)28-24)17-9-7-6-8-10-17;1-7-13(8-2)15(17-12(5)6)11-16(18)14(9-3)10-4;/h6-9,11,14-15H,12-13H2,1-5H3;11-14H,7-10H2,1-6H3,(H,17,18);/q-1;;/p-1. The molecule has 2 aromatic heterocycles. The predicted octanol–water partition coefficient (Wildman–Crippen LogP) is 12.7. The van der Waals surface area contributed by atoms with Gasteiger partial charge in [0.1, 0.15) is 0 Å². The van der Waals surface area contributed by atoms with Gasteiger partial charge in [-0.2, -0.15) is 5.70 Å². The molecule has 0 unspecified atom stereocenters. The van der Waals surface area contributed by atoms with Crippen molar-refractivity contribution in [3.63, 3.8) is 0 Å². The van der Waals surface area contributed by atoms with Crippen LogP contribution < -0.4 is 0 Å². The summed E-state index contributed by atoms with van der Waals surface area (Å²) in [7, 11) is 0. The maximum atomic E-state index is 12.2. The zero-order valence-electron chi connectivity index (χ0n) is 30.6. The van der Waals surface area contributed by atoms with Crippen LogP contribution in [0.3, 0.4) is 0 Å². The second-order valence-electron chi connectivity index (χ2n) is 14.7. The fourth-order valence-electron chi connectivity index (χ4n) is 7.12. The molecule has 1 aliphatic rings. The van der Waals surface area contributed by atoms with E-state index in [9.17, 15) is 4.79 Å². The van der Waals surface area contributed by atoms with Crippen LogP contribution in [0.25, 0.3) is 36.7 Å². The van der Waals surface area contributed by atoms with E-state index >= 15 is 0 Å². The van der Waals surface area contributed by atoms with Crippen LogP contribution in [0.4, 0.5) is 0 Å². The zero-order chi connectivity index (χ0) is 33.8. The van der Waals surface area contributed by atoms with Gasteiger partial charge in [-0.3, -0.25) is 4.79 Å². The van der Waals surface area contributed by atoms with E-state index in [1.165, 1.54) is 38.6 Å². The van der Waals surface area contributed by atoms with E-state index in [2.05, 4.69) is 112 Å². The third-order valence-corrected chi connectivity index (χ3v) is 11.3. The Morgan fingerprint density at radius 3 is 2.17 bits per heavy atom. The number of hydrogen-bond donors (Lipinski definition) is 0. The van der Waals surface area contributed by atoms with Crippen LogP contribution in [0, 0.1) is 24.8 Å². The fourth-order valence-corrected chi connectivity index (χ4v) is 8.72. The molecule has 2 heterocycles. The van der Waals surface area contributed by atoms with Crippen molar-refractivity contribution in [3.05, 3.63) is 82.4 Å². The Kier molecular flexibility index (Phi) is 13.6. The molecule has 47 heavy (non-hydrogen) atoms. The maximum Gasteiger partial charge on any atom is 0.157 e. The molecule has 0 atom stereocenters. The summed E-state index contributed by atoms with van der Waals surface area (Å²) in [6, 6.07) is 16.5. The van der Waals surface area contributed by atoms with Gasteiger partial charge in [-0.05, 0) is 83.6 Å². The molecule has 3 nitrogen and oxygen atoms in total. The Morgan fingerprint density at radius 2 is 1.60 bits per heavy atom. The van der Waals surface area contributed by atoms with Crippen molar-refractivity contribution < 1.29 is 24.9 Å². The number of pyridine rings is 1. The van der Waals surface area contributed by atoms with Crippen molar-refractivity contribution in [2.75, 3.05) is 0 Å². The van der Waals surface area contributed by atoms with Crippen molar-refractivity contribution in [2.24, 2.45) is 11.8 Å². The molecule has 0 aliphatic heterocycles. The third kappa shape index (κ3) is 8.46. The van der Waals surface area contributed by atoms with E-state index in [-0.39, 0.29) is 48.7 Å². The zero-order valence-corrected chi connectivity index (χ0v) is 33.8. The topological polar surface area (TPSA) is 44.1 Å². The number of thiophene rings is 1. The van der Waals surface area contributed by atoms with Crippen molar-refractivity contribution in [3.8, 4) is 11.3 Å². The second-order valence-corrected chi connectivity index (χ2v) is 15.7. The molecule has 2 aromatic carbocycles. The minimum atomic E-state index is 0. The van der Waals surface area contributed by atoms with E-state index in [4.69, 9.17) is 4.98 Å². The molecule has 1 radical (unpaired) electrons. The summed E-state index contributed by atoms with van der Waals surface area (Å²) in [4.78, 5) is 17.0. The van der Waals surface area contributed by atoms with Crippen molar-refractivity contribution >= 4 is 37.3 Å². The van der Waals surface area contributed by atoms with Crippen LogP contribution >= 0.6 is 11.3 Å². The Hall–Kier alpha value is -2.33. The summed E-state index contributed by atoms with van der Waals surface area (Å²) in [5.74, 6) is 0.841. The first-order valence-electron chi connectivity index (χ1n) is 17.6. The van der Waals surface area contributed by atoms with E-state index < -0.39 is 0 Å². The Balaban J connectivity index is 0.000000278. The van der Waals surface area contributed by atoms with Crippen LogP contribution in [0.15, 0.2) is 54.4 Å². The SMILES string of the molecule is CCC(CC)C(=O)/C=C(\[N-]C(C)C)C(CC)CC.Cc1cc2c(c3sc4c(-c5[c-]cccc5)nccc4c13)C(C)(C)CCC2(C)C.[Ir]. The molecular weight excluding hydrogens is 773 g/mol. The minimum Gasteiger partial charge on any atom is -0.685 e. The molecule has 0 saturated heterocycles. The summed E-state index contributed by atoms with van der Waals surface area (Å²) in [6.45, 7) is 24.6. The summed E-state index contributed by atoms with van der Waals surface area (Å²) >= 11 is 1.93. The van der Waals surface area contributed by atoms with Gasteiger partial charge in [-0.15, -0.1) is 53.3 Å². The first kappa shape index (κ1) is 39.1. The first-order valence-corrected chi connectivity index (χ1v) is 18.4. The van der Waals surface area contributed by atoms with E-state index in [1.54, 1.807) is 11.1 Å². The maximum absolute atomic E-state index is 12.2. The summed E-state index contributed by atoms with van der Waals surface area (Å²) in [5, 5.41) is 7.41. The third-order valence-electron chi connectivity index (χ3n) is 10.1. The van der Waals surface area contributed by atoms with Crippen LogP contribution in [0.5, 0.6) is 0 Å². The number of carbonyl (C=O) groups is 1. The average Bonchev–Trinajstić information content (AvgIpc) is 3.41. The van der Waals surface area contributed by atoms with Crippen LogP contribution in [0.2, 0.25) is 0 Å². The smallest absolute Gasteiger partial charge is 0.157 e. The second kappa shape index (κ2) is 16.4. The van der Waals surface area contributed by atoms with Gasteiger partial charge in [0, 0.05) is 52.7 Å². The van der Waals surface area contributed by atoms with Gasteiger partial charge in [0.25, 0.3) is 0 Å². The predicted molar refractivity (Wildman–Crippen MR) is 201 cm³/mol. The Labute approximate surface area is 302 Å². The van der Waals surface area contributed by atoms with Gasteiger partial charge in [0.2, 0.25) is 0 Å². The molecule has 0 bridgehead atoms. The molecule has 257 valence electrons. The number of allylic oxidation sites excluding steroid dienone is 2. The largest absolute Gasteiger partial charge is 0.685 e. The van der Waals surface area contributed by atoms with Crippen molar-refractivity contribution in [1.29, 1.82) is 0 Å². The molecule has 1 aliphatic carbocycles. The molecule has 5 heteroatoms. The Bertz CT molecular complexity index is 1670. The average molecular weight is 829 g/mol. The molecule has 0 spiro atoms. The summed E-state index contributed by atoms with van der Waals surface area (Å²) < 4.78 is 2.75. The van der Waals surface area contributed by atoms with Gasteiger partial charge < -0.3 is 10.3 Å². The summed E-state index contributed by atoms with van der Waals surface area (Å²) in [5.41, 5.74) is 8.06. The van der Waals surface area contributed by atoms with Crippen molar-refractivity contribution in [1.82, 2.24) is 4.98 Å².